The maximum atomic E-state index is 9.87. The zero-order valence-corrected chi connectivity index (χ0v) is 13.3. The molecule has 0 aromatic carbocycles. The second kappa shape index (κ2) is 12.9. The molecule has 0 amide bonds. The fourth-order valence-corrected chi connectivity index (χ4v) is 0.110. The molecule has 0 aliphatic carbocycles. The molecule has 0 heterocycles. The molecule has 10 heavy (non-hydrogen) atoms. The Kier molecular flexibility index (Phi) is 22.5. The zero-order valence-electron chi connectivity index (χ0n) is 4.96. The molecule has 0 fully saturated rings. The number of hydrogen-bond acceptors (Lipinski definition) is 5. The van der Waals surface area contributed by atoms with Crippen LogP contribution in [0.25, 0.3) is 0 Å². The first-order valence-electron chi connectivity index (χ1n) is 1.52. The maximum absolute atomic E-state index is 9.87. The topological polar surface area (TPSA) is 54.0 Å². The molecule has 0 bridgehead atoms. The van der Waals surface area contributed by atoms with Gasteiger partial charge in [0, 0.05) is 62.2 Å². The number of hydrogen-bond donors (Lipinski definition) is 0. The van der Waals surface area contributed by atoms with Crippen LogP contribution in [-0.4, -0.2) is 6.16 Å². The first-order valence-corrected chi connectivity index (χ1v) is 1.52. The predicted molar refractivity (Wildman–Crippen MR) is 20.4 cm³/mol. The standard InChI is InChI=1S/C3H4O5.2U/c1-5-7-3(4)8-6-2;;/h1-2H2;;/q-2;;. The second-order valence-electron chi connectivity index (χ2n) is 0.652. The molecular formula is C3H4O5U2-2. The van der Waals surface area contributed by atoms with E-state index in [0.29, 0.717) is 0 Å². The molecule has 0 radical (unpaired) electrons. The van der Waals surface area contributed by atoms with Gasteiger partial charge in [0.2, 0.25) is 0 Å². The van der Waals surface area contributed by atoms with Gasteiger partial charge in [-0.15, -0.1) is 0 Å². The van der Waals surface area contributed by atoms with Gasteiger partial charge < -0.3 is 9.78 Å². The van der Waals surface area contributed by atoms with E-state index in [1.54, 1.807) is 0 Å². The summed E-state index contributed by atoms with van der Waals surface area (Å²) in [6.45, 7) is 0. The summed E-state index contributed by atoms with van der Waals surface area (Å²) >= 11 is 0. The van der Waals surface area contributed by atoms with Crippen LogP contribution < -0.4 is 0 Å². The minimum atomic E-state index is -1.16. The quantitative estimate of drug-likeness (QED) is 0.266. The van der Waals surface area contributed by atoms with Crippen molar-refractivity contribution in [1.82, 2.24) is 0 Å². The van der Waals surface area contributed by atoms with Crippen LogP contribution in [0.2, 0.25) is 0 Å². The van der Waals surface area contributed by atoms with Gasteiger partial charge in [0.1, 0.15) is 0 Å². The minimum absolute atomic E-state index is 0. The minimum Gasteiger partial charge on any atom is -0.361 e. The Bertz CT molecular complexity index is 69.3. The summed E-state index contributed by atoms with van der Waals surface area (Å²) in [5, 5.41) is 0. The average molecular weight is 596 g/mol. The van der Waals surface area contributed by atoms with Crippen molar-refractivity contribution in [1.29, 1.82) is 0 Å². The Labute approximate surface area is 106 Å². The monoisotopic (exact) mass is 596 g/mol. The van der Waals surface area contributed by atoms with Gasteiger partial charge in [0.25, 0.3) is 0 Å². The van der Waals surface area contributed by atoms with Crippen molar-refractivity contribution in [3.05, 3.63) is 14.2 Å². The van der Waals surface area contributed by atoms with E-state index in [2.05, 4.69) is 33.8 Å². The summed E-state index contributed by atoms with van der Waals surface area (Å²) in [6.07, 6.45) is -1.16. The molecule has 0 aromatic heterocycles. The Morgan fingerprint density at radius 3 is 1.50 bits per heavy atom. The van der Waals surface area contributed by atoms with E-state index in [0.717, 1.165) is 0 Å². The molecular weight excluding hydrogens is 592 g/mol. The molecule has 0 atom stereocenters. The first-order chi connectivity index (χ1) is 3.81. The Hall–Kier alpha value is 1.29. The molecule has 0 spiro atoms. The van der Waals surface area contributed by atoms with Crippen LogP contribution in [0, 0.1) is 76.4 Å². The molecule has 0 rings (SSSR count). The van der Waals surface area contributed by atoms with Gasteiger partial charge in [-0.05, 0) is 0 Å². The third kappa shape index (κ3) is 12.0. The summed E-state index contributed by atoms with van der Waals surface area (Å²) in [4.78, 5) is 24.4. The number of carbonyl (C=O) groups excluding carboxylic acids is 1. The van der Waals surface area contributed by atoms with Crippen molar-refractivity contribution < 1.29 is 86.6 Å². The SMILES string of the molecule is [CH2-]OOC(=O)OO[CH2-].[U].[U]. The van der Waals surface area contributed by atoms with Crippen molar-refractivity contribution >= 4 is 6.16 Å². The molecule has 0 aliphatic rings. The van der Waals surface area contributed by atoms with E-state index in [4.69, 9.17) is 0 Å². The smallest absolute Gasteiger partial charge is 0.361 e. The fourth-order valence-electron chi connectivity index (χ4n) is 0.110. The van der Waals surface area contributed by atoms with Crippen molar-refractivity contribution in [3.63, 3.8) is 0 Å². The molecule has 0 saturated heterocycles. The number of carbonyl (C=O) groups is 1. The summed E-state index contributed by atoms with van der Waals surface area (Å²) in [7, 11) is 5.42. The van der Waals surface area contributed by atoms with E-state index in [9.17, 15) is 4.79 Å². The summed E-state index contributed by atoms with van der Waals surface area (Å²) in [5.41, 5.74) is 0. The molecule has 0 aliphatic heterocycles. The van der Waals surface area contributed by atoms with E-state index >= 15 is 0 Å². The van der Waals surface area contributed by atoms with Crippen molar-refractivity contribution in [2.75, 3.05) is 0 Å². The summed E-state index contributed by atoms with van der Waals surface area (Å²) in [5.74, 6) is 0. The van der Waals surface area contributed by atoms with Gasteiger partial charge in [0.05, 0.1) is 0 Å². The van der Waals surface area contributed by atoms with Gasteiger partial charge in [-0.2, -0.15) is 19.0 Å². The maximum Gasteiger partial charge on any atom is 0.567 e. The van der Waals surface area contributed by atoms with Crippen molar-refractivity contribution in [2.24, 2.45) is 0 Å². The van der Waals surface area contributed by atoms with Gasteiger partial charge in [-0.3, -0.25) is 9.78 Å². The van der Waals surface area contributed by atoms with E-state index in [-0.39, 0.29) is 62.2 Å². The molecule has 0 N–H and O–H groups in total. The summed E-state index contributed by atoms with van der Waals surface area (Å²) < 4.78 is 0. The van der Waals surface area contributed by atoms with Crippen LogP contribution >= 0.6 is 0 Å². The third-order valence-electron chi connectivity index (χ3n) is 0.254. The van der Waals surface area contributed by atoms with Crippen LogP contribution in [0.3, 0.4) is 0 Å². The predicted octanol–water partition coefficient (Wildman–Crippen LogP) is 0.586. The van der Waals surface area contributed by atoms with Gasteiger partial charge in [-0.1, -0.05) is 0 Å². The molecule has 7 heteroatoms. The van der Waals surface area contributed by atoms with E-state index < -0.39 is 6.16 Å². The third-order valence-corrected chi connectivity index (χ3v) is 0.254. The molecule has 56 valence electrons. The molecule has 5 nitrogen and oxygen atoms in total. The van der Waals surface area contributed by atoms with E-state index in [1.807, 2.05) is 0 Å². The van der Waals surface area contributed by atoms with Gasteiger partial charge in [0.15, 0.2) is 0 Å². The van der Waals surface area contributed by atoms with Crippen LogP contribution in [0.5, 0.6) is 0 Å². The summed E-state index contributed by atoms with van der Waals surface area (Å²) in [6, 6.07) is 0. The molecule has 0 aromatic rings. The van der Waals surface area contributed by atoms with Crippen LogP contribution in [0.15, 0.2) is 0 Å². The largest absolute Gasteiger partial charge is 0.567 e. The zero-order chi connectivity index (χ0) is 6.41. The van der Waals surface area contributed by atoms with Crippen molar-refractivity contribution in [3.8, 4) is 0 Å². The fraction of sp³-hybridized carbons (Fsp3) is 0. The van der Waals surface area contributed by atoms with Gasteiger partial charge in [-0.25, -0.2) is 0 Å². The Balaban J connectivity index is -0.000000245. The molecule has 0 saturated carbocycles. The average Bonchev–Trinajstić information content (AvgIpc) is 1.68. The van der Waals surface area contributed by atoms with Crippen molar-refractivity contribution in [2.45, 2.75) is 0 Å². The van der Waals surface area contributed by atoms with Crippen LogP contribution in [0.4, 0.5) is 4.79 Å². The Morgan fingerprint density at radius 2 is 1.30 bits per heavy atom. The van der Waals surface area contributed by atoms with Crippen LogP contribution in [0.1, 0.15) is 0 Å². The first kappa shape index (κ1) is 17.4. The number of rotatable bonds is 2. The van der Waals surface area contributed by atoms with Gasteiger partial charge >= 0.3 is 6.16 Å². The van der Waals surface area contributed by atoms with E-state index in [1.165, 1.54) is 0 Å². The Morgan fingerprint density at radius 1 is 1.00 bits per heavy atom. The second-order valence-corrected chi connectivity index (χ2v) is 0.652. The normalized spacial score (nSPS) is 6.60. The van der Waals surface area contributed by atoms with Crippen LogP contribution in [-0.2, 0) is 19.6 Å². The molecule has 0 unspecified atom stereocenters.